The quantitative estimate of drug-likeness (QED) is 0.0859. The van der Waals surface area contributed by atoms with Crippen LogP contribution in [-0.2, 0) is 20.6 Å². The lowest BCUT2D eigenvalue weighted by Gasteiger charge is -2.47. The van der Waals surface area contributed by atoms with Crippen LogP contribution in [0.15, 0.2) is 63.3 Å². The number of esters is 1. The van der Waals surface area contributed by atoms with Crippen LogP contribution in [-0.4, -0.2) is 69.5 Å². The Morgan fingerprint density at radius 1 is 1.12 bits per heavy atom. The Morgan fingerprint density at radius 2 is 1.86 bits per heavy atom. The van der Waals surface area contributed by atoms with E-state index in [1.54, 1.807) is 32.9 Å². The Morgan fingerprint density at radius 3 is 2.51 bits per heavy atom. The van der Waals surface area contributed by atoms with Crippen molar-refractivity contribution in [2.24, 2.45) is 0 Å². The molecule has 5 rings (SSSR count). The fourth-order valence-corrected chi connectivity index (χ4v) is 5.78. The topological polar surface area (TPSA) is 190 Å². The molecule has 1 fully saturated rings. The molecule has 13 nitrogen and oxygen atoms in total. The number of aromatic hydroxyl groups is 2. The first kappa shape index (κ1) is 35.5. The monoisotopic (exact) mass is 696 g/mol. The molecule has 0 aliphatic carbocycles. The van der Waals surface area contributed by atoms with Crippen LogP contribution < -0.4 is 15.7 Å². The molecule has 0 spiro atoms. The van der Waals surface area contributed by atoms with Gasteiger partial charge in [-0.2, -0.15) is 0 Å². The summed E-state index contributed by atoms with van der Waals surface area (Å²) in [4.78, 5) is 41.9. The van der Waals surface area contributed by atoms with E-state index in [9.17, 15) is 29.7 Å². The van der Waals surface area contributed by atoms with Crippen molar-refractivity contribution < 1.29 is 48.3 Å². The van der Waals surface area contributed by atoms with Crippen molar-refractivity contribution in [3.63, 3.8) is 0 Å². The molecule has 4 atom stereocenters. The smallest absolute Gasteiger partial charge is 0.364 e. The molecule has 260 valence electrons. The third-order valence-electron chi connectivity index (χ3n) is 8.07. The van der Waals surface area contributed by atoms with E-state index in [0.29, 0.717) is 12.0 Å². The Labute approximate surface area is 286 Å². The van der Waals surface area contributed by atoms with Gasteiger partial charge >= 0.3 is 11.6 Å². The van der Waals surface area contributed by atoms with Crippen LogP contribution in [0.4, 0.5) is 5.69 Å². The molecule has 0 saturated carbocycles. The van der Waals surface area contributed by atoms with Gasteiger partial charge in [0.15, 0.2) is 29.2 Å². The van der Waals surface area contributed by atoms with E-state index in [0.717, 1.165) is 11.3 Å². The molecular weight excluding hydrogens is 660 g/mol. The number of aromatic nitrogens is 1. The van der Waals surface area contributed by atoms with Crippen molar-refractivity contribution in [1.82, 2.24) is 4.98 Å². The SMILES string of the molecule is CO[C@H]1[C@@H](OC(=O)c2ccc(C)[nH]2)[C@@H](O)C(Oc2ccc3c(O)c(NC(=O)c4ccc(O)c(CC=C(C)C)c4)c(=O)oc3c2Cl)OC1(C)C. The molecule has 14 heteroatoms. The number of aryl methyl sites for hydroxylation is 1. The van der Waals surface area contributed by atoms with Gasteiger partial charge < -0.3 is 49.0 Å². The number of hydrogen-bond acceptors (Lipinski definition) is 11. The number of phenols is 1. The summed E-state index contributed by atoms with van der Waals surface area (Å²) in [7, 11) is 1.39. The summed E-state index contributed by atoms with van der Waals surface area (Å²) >= 11 is 6.58. The highest BCUT2D eigenvalue weighted by Gasteiger charge is 2.53. The van der Waals surface area contributed by atoms with E-state index < -0.39 is 59.1 Å². The number of methoxy groups -OCH3 is 1. The molecule has 5 N–H and O–H groups in total. The molecule has 4 aromatic rings. The number of nitrogens with one attached hydrogen (secondary N) is 2. The zero-order chi connectivity index (χ0) is 35.8. The highest BCUT2D eigenvalue weighted by atomic mass is 35.5. The molecule has 1 aliphatic rings. The summed E-state index contributed by atoms with van der Waals surface area (Å²) in [5, 5.41) is 34.6. The molecule has 3 heterocycles. The van der Waals surface area contributed by atoms with E-state index in [1.807, 2.05) is 19.9 Å². The molecule has 0 bridgehead atoms. The molecular formula is C35H37ClN2O11. The van der Waals surface area contributed by atoms with Gasteiger partial charge in [-0.1, -0.05) is 23.3 Å². The van der Waals surface area contributed by atoms with E-state index in [4.69, 9.17) is 35.0 Å². The lowest BCUT2D eigenvalue weighted by Crippen LogP contribution is -2.65. The van der Waals surface area contributed by atoms with Crippen LogP contribution in [0, 0.1) is 6.92 Å². The van der Waals surface area contributed by atoms with Gasteiger partial charge in [0.1, 0.15) is 28.3 Å². The maximum absolute atomic E-state index is 13.1. The van der Waals surface area contributed by atoms with Gasteiger partial charge in [-0.3, -0.25) is 4.79 Å². The lowest BCUT2D eigenvalue weighted by atomic mass is 9.89. The summed E-state index contributed by atoms with van der Waals surface area (Å²) in [5.74, 6) is -2.16. The number of fused-ring (bicyclic) bond motifs is 1. The molecule has 0 radical (unpaired) electrons. The number of hydrogen-bond donors (Lipinski definition) is 5. The number of anilines is 1. The molecule has 2 aromatic carbocycles. The minimum atomic E-state index is -1.56. The summed E-state index contributed by atoms with van der Waals surface area (Å²) in [5.41, 5.74) is -0.464. The molecule has 1 aliphatic heterocycles. The first-order valence-corrected chi connectivity index (χ1v) is 15.7. The number of allylic oxidation sites excluding steroid dienone is 2. The number of aliphatic hydroxyl groups excluding tert-OH is 1. The van der Waals surface area contributed by atoms with Crippen molar-refractivity contribution >= 4 is 40.1 Å². The lowest BCUT2D eigenvalue weighted by molar-refractivity contribution is -0.305. The average molecular weight is 697 g/mol. The maximum atomic E-state index is 13.1. The van der Waals surface area contributed by atoms with Gasteiger partial charge in [-0.05, 0) is 89.1 Å². The van der Waals surface area contributed by atoms with Crippen molar-refractivity contribution in [2.45, 2.75) is 71.2 Å². The number of benzene rings is 2. The third-order valence-corrected chi connectivity index (χ3v) is 8.43. The standard InChI is InChI=1S/C35H37ClN2O11/c1-16(2)7-9-18-15-19(10-13-22(18)39)31(42)38-25-26(40)20-11-14-23(24(36)28(20)47-33(25)44)46-34-27(41)29(30(45-6)35(4,5)49-34)48-32(43)21-12-8-17(3)37-21/h7-8,10-15,27,29-30,34,37,39-41H,9H2,1-6H3,(H,38,42)/t27-,29+,30+,34?/m1/s1. The molecule has 49 heavy (non-hydrogen) atoms. The molecule has 2 aromatic heterocycles. The fraction of sp³-hybridized carbons (Fsp3) is 0.343. The Kier molecular flexibility index (Phi) is 10.1. The largest absolute Gasteiger partial charge is 0.508 e. The van der Waals surface area contributed by atoms with Gasteiger partial charge in [0.2, 0.25) is 6.29 Å². The summed E-state index contributed by atoms with van der Waals surface area (Å²) in [6.07, 6.45) is -2.87. The predicted octanol–water partition coefficient (Wildman–Crippen LogP) is 5.37. The minimum absolute atomic E-state index is 0.00573. The van der Waals surface area contributed by atoms with Crippen molar-refractivity contribution in [1.29, 1.82) is 0 Å². The first-order chi connectivity index (χ1) is 23.1. The number of ether oxygens (including phenoxy) is 4. The number of aromatic amines is 1. The van der Waals surface area contributed by atoms with Crippen LogP contribution in [0.1, 0.15) is 59.8 Å². The number of carbonyl (C=O) groups is 2. The van der Waals surface area contributed by atoms with Gasteiger partial charge in [0.05, 0.1) is 11.0 Å². The number of aliphatic hydroxyl groups is 1. The predicted molar refractivity (Wildman–Crippen MR) is 179 cm³/mol. The molecule has 1 saturated heterocycles. The number of H-pyrrole nitrogens is 1. The fourth-order valence-electron chi connectivity index (χ4n) is 5.53. The normalized spacial score (nSPS) is 20.1. The average Bonchev–Trinajstić information content (AvgIpc) is 3.48. The summed E-state index contributed by atoms with van der Waals surface area (Å²) in [6, 6.07) is 10.2. The van der Waals surface area contributed by atoms with E-state index >= 15 is 0 Å². The number of carbonyl (C=O) groups excluding carboxylic acids is 2. The van der Waals surface area contributed by atoms with E-state index in [1.165, 1.54) is 37.4 Å². The van der Waals surface area contributed by atoms with Crippen LogP contribution >= 0.6 is 11.6 Å². The zero-order valence-corrected chi connectivity index (χ0v) is 28.4. The highest BCUT2D eigenvalue weighted by Crippen LogP contribution is 2.41. The van der Waals surface area contributed by atoms with Gasteiger partial charge in [0.25, 0.3) is 5.91 Å². The van der Waals surface area contributed by atoms with Crippen molar-refractivity contribution in [3.8, 4) is 17.2 Å². The van der Waals surface area contributed by atoms with Gasteiger partial charge in [-0.25, -0.2) is 9.59 Å². The Hall–Kier alpha value is -4.82. The summed E-state index contributed by atoms with van der Waals surface area (Å²) in [6.45, 7) is 8.92. The van der Waals surface area contributed by atoms with Gasteiger partial charge in [-0.15, -0.1) is 0 Å². The number of rotatable bonds is 9. The number of halogens is 1. The maximum Gasteiger partial charge on any atom is 0.364 e. The van der Waals surface area contributed by atoms with Crippen LogP contribution in [0.3, 0.4) is 0 Å². The van der Waals surface area contributed by atoms with E-state index in [-0.39, 0.29) is 38.7 Å². The van der Waals surface area contributed by atoms with Crippen molar-refractivity contribution in [3.05, 3.63) is 92.1 Å². The van der Waals surface area contributed by atoms with Gasteiger partial charge in [0, 0.05) is 18.4 Å². The summed E-state index contributed by atoms with van der Waals surface area (Å²) < 4.78 is 28.6. The second-order valence-corrected chi connectivity index (χ2v) is 12.8. The van der Waals surface area contributed by atoms with Crippen molar-refractivity contribution in [2.75, 3.05) is 12.4 Å². The first-order valence-electron chi connectivity index (χ1n) is 15.3. The Bertz CT molecular complexity index is 1990. The second kappa shape index (κ2) is 14.0. The van der Waals surface area contributed by atoms with Crippen LogP contribution in [0.5, 0.6) is 17.2 Å². The number of phenolic OH excluding ortho intramolecular Hbond substituents is 1. The second-order valence-electron chi connectivity index (χ2n) is 12.4. The zero-order valence-electron chi connectivity index (χ0n) is 27.6. The number of amides is 1. The van der Waals surface area contributed by atoms with E-state index in [2.05, 4.69) is 10.3 Å². The Balaban J connectivity index is 1.40. The third kappa shape index (κ3) is 7.30. The van der Waals surface area contributed by atoms with Crippen LogP contribution in [0.2, 0.25) is 5.02 Å². The molecule has 1 amide bonds. The highest BCUT2D eigenvalue weighted by molar-refractivity contribution is 6.36. The minimum Gasteiger partial charge on any atom is -0.508 e. The molecule has 1 unspecified atom stereocenters. The van der Waals surface area contributed by atoms with Crippen LogP contribution in [0.25, 0.3) is 11.0 Å².